The van der Waals surface area contributed by atoms with Gasteiger partial charge in [-0.05, 0) is 13.0 Å². The van der Waals surface area contributed by atoms with Gasteiger partial charge in [0, 0.05) is 30.6 Å². The summed E-state index contributed by atoms with van der Waals surface area (Å²) in [6, 6.07) is 4.50. The molecular formula is C13H13N3O4. The number of aromatic nitrogens is 1. The van der Waals surface area contributed by atoms with E-state index < -0.39 is 10.9 Å². The van der Waals surface area contributed by atoms with E-state index in [0.29, 0.717) is 35.4 Å². The van der Waals surface area contributed by atoms with Gasteiger partial charge in [0.25, 0.3) is 5.69 Å². The molecule has 1 aromatic heterocycles. The van der Waals surface area contributed by atoms with Crippen LogP contribution < -0.4 is 5.32 Å². The first-order valence-corrected chi connectivity index (χ1v) is 6.35. The number of hydrogen-bond acceptors (Lipinski definition) is 5. The van der Waals surface area contributed by atoms with Crippen LogP contribution in [-0.4, -0.2) is 28.6 Å². The molecule has 7 heteroatoms. The Labute approximate surface area is 114 Å². The van der Waals surface area contributed by atoms with Crippen molar-refractivity contribution in [2.75, 3.05) is 18.5 Å². The Balaban J connectivity index is 2.25. The van der Waals surface area contributed by atoms with Crippen LogP contribution in [0.3, 0.4) is 0 Å². The van der Waals surface area contributed by atoms with Gasteiger partial charge in [-0.25, -0.2) is 4.79 Å². The fourth-order valence-corrected chi connectivity index (χ4v) is 2.56. The molecule has 104 valence electrons. The number of nitrogens with zero attached hydrogens (tertiary/aromatic N) is 2. The Bertz CT molecular complexity index is 720. The number of nitro benzene ring substituents is 1. The SMILES string of the molecule is CCOC(=O)c1c2n(c3cc([N+](=O)[O-])ccc13)CCN2. The van der Waals surface area contributed by atoms with Gasteiger partial charge >= 0.3 is 5.97 Å². The number of benzene rings is 1. The maximum absolute atomic E-state index is 12.1. The molecule has 0 bridgehead atoms. The molecule has 0 saturated carbocycles. The van der Waals surface area contributed by atoms with E-state index in [1.54, 1.807) is 13.0 Å². The van der Waals surface area contributed by atoms with Gasteiger partial charge in [-0.15, -0.1) is 0 Å². The largest absolute Gasteiger partial charge is 0.462 e. The number of hydrogen-bond donors (Lipinski definition) is 1. The zero-order chi connectivity index (χ0) is 14.3. The number of esters is 1. The molecule has 20 heavy (non-hydrogen) atoms. The fourth-order valence-electron chi connectivity index (χ4n) is 2.56. The van der Waals surface area contributed by atoms with Gasteiger partial charge in [0.1, 0.15) is 11.4 Å². The summed E-state index contributed by atoms with van der Waals surface area (Å²) in [6.07, 6.45) is 0. The van der Waals surface area contributed by atoms with Crippen LogP contribution in [-0.2, 0) is 11.3 Å². The molecule has 2 heterocycles. The molecule has 1 N–H and O–H groups in total. The van der Waals surface area contributed by atoms with Crippen molar-refractivity contribution in [1.29, 1.82) is 0 Å². The maximum atomic E-state index is 12.1. The van der Waals surface area contributed by atoms with Crippen LogP contribution in [0.5, 0.6) is 0 Å². The number of rotatable bonds is 3. The molecule has 1 aliphatic rings. The van der Waals surface area contributed by atoms with Crippen molar-refractivity contribution in [1.82, 2.24) is 4.57 Å². The van der Waals surface area contributed by atoms with Crippen LogP contribution in [0.15, 0.2) is 18.2 Å². The van der Waals surface area contributed by atoms with E-state index in [1.807, 2.05) is 4.57 Å². The quantitative estimate of drug-likeness (QED) is 0.527. The van der Waals surface area contributed by atoms with Crippen LogP contribution in [0.4, 0.5) is 11.5 Å². The number of nitrogens with one attached hydrogen (secondary N) is 1. The number of ether oxygens (including phenoxy) is 1. The molecule has 3 rings (SSSR count). The Morgan fingerprint density at radius 1 is 1.55 bits per heavy atom. The summed E-state index contributed by atoms with van der Waals surface area (Å²) in [5.41, 5.74) is 1.15. The summed E-state index contributed by atoms with van der Waals surface area (Å²) >= 11 is 0. The van der Waals surface area contributed by atoms with E-state index in [-0.39, 0.29) is 12.3 Å². The minimum Gasteiger partial charge on any atom is -0.462 e. The van der Waals surface area contributed by atoms with Crippen molar-refractivity contribution in [3.63, 3.8) is 0 Å². The normalized spacial score (nSPS) is 13.1. The Morgan fingerprint density at radius 2 is 2.35 bits per heavy atom. The minimum absolute atomic E-state index is 0.0140. The molecule has 0 aliphatic carbocycles. The van der Waals surface area contributed by atoms with Crippen molar-refractivity contribution < 1.29 is 14.5 Å². The third kappa shape index (κ3) is 1.70. The molecule has 0 saturated heterocycles. The lowest BCUT2D eigenvalue weighted by molar-refractivity contribution is -0.384. The van der Waals surface area contributed by atoms with Crippen LogP contribution >= 0.6 is 0 Å². The highest BCUT2D eigenvalue weighted by Crippen LogP contribution is 2.35. The Kier molecular flexibility index (Phi) is 2.81. The summed E-state index contributed by atoms with van der Waals surface area (Å²) in [5.74, 6) is 0.272. The third-order valence-electron chi connectivity index (χ3n) is 3.37. The second-order valence-corrected chi connectivity index (χ2v) is 4.48. The van der Waals surface area contributed by atoms with Crippen LogP contribution in [0.2, 0.25) is 0 Å². The number of nitro groups is 1. The van der Waals surface area contributed by atoms with Gasteiger partial charge in [0.05, 0.1) is 17.0 Å². The lowest BCUT2D eigenvalue weighted by Crippen LogP contribution is -2.07. The number of carbonyl (C=O) groups excluding carboxylic acids is 1. The number of carbonyl (C=O) groups is 1. The number of non-ortho nitro benzene ring substituents is 1. The van der Waals surface area contributed by atoms with Gasteiger partial charge in [-0.2, -0.15) is 0 Å². The predicted octanol–water partition coefficient (Wildman–Crippen LogP) is 2.15. The second-order valence-electron chi connectivity index (χ2n) is 4.48. The van der Waals surface area contributed by atoms with Crippen LogP contribution in [0.1, 0.15) is 17.3 Å². The van der Waals surface area contributed by atoms with Crippen LogP contribution in [0.25, 0.3) is 10.9 Å². The predicted molar refractivity (Wildman–Crippen MR) is 73.0 cm³/mol. The van der Waals surface area contributed by atoms with Gasteiger partial charge in [-0.1, -0.05) is 0 Å². The minimum atomic E-state index is -0.439. The van der Waals surface area contributed by atoms with Crippen molar-refractivity contribution in [2.24, 2.45) is 0 Å². The molecule has 1 aromatic carbocycles. The highest BCUT2D eigenvalue weighted by atomic mass is 16.6. The van der Waals surface area contributed by atoms with Crippen molar-refractivity contribution in [3.8, 4) is 0 Å². The summed E-state index contributed by atoms with van der Waals surface area (Å²) in [5, 5.41) is 14.7. The molecule has 7 nitrogen and oxygen atoms in total. The molecule has 0 unspecified atom stereocenters. The number of anilines is 1. The second kappa shape index (κ2) is 4.52. The summed E-state index contributed by atoms with van der Waals surface area (Å²) < 4.78 is 6.95. The van der Waals surface area contributed by atoms with Crippen molar-refractivity contribution >= 4 is 28.4 Å². The smallest absolute Gasteiger partial charge is 0.342 e. The standard InChI is InChI=1S/C13H13N3O4/c1-2-20-13(17)11-9-4-3-8(16(18)19)7-10(9)15-6-5-14-12(11)15/h3-4,7,14H,2,5-6H2,1H3. The lowest BCUT2D eigenvalue weighted by atomic mass is 10.1. The topological polar surface area (TPSA) is 86.4 Å². The van der Waals surface area contributed by atoms with E-state index in [1.165, 1.54) is 12.1 Å². The third-order valence-corrected chi connectivity index (χ3v) is 3.37. The Morgan fingerprint density at radius 3 is 3.05 bits per heavy atom. The van der Waals surface area contributed by atoms with E-state index >= 15 is 0 Å². The highest BCUT2D eigenvalue weighted by molar-refractivity contribution is 6.10. The monoisotopic (exact) mass is 275 g/mol. The average molecular weight is 275 g/mol. The maximum Gasteiger partial charge on any atom is 0.342 e. The van der Waals surface area contributed by atoms with Crippen LogP contribution in [0, 0.1) is 10.1 Å². The molecule has 0 amide bonds. The average Bonchev–Trinajstić information content (AvgIpc) is 2.97. The lowest BCUT2D eigenvalue weighted by Gasteiger charge is -2.03. The molecule has 0 fully saturated rings. The Hall–Kier alpha value is -2.57. The molecule has 2 aromatic rings. The highest BCUT2D eigenvalue weighted by Gasteiger charge is 2.27. The summed E-state index contributed by atoms with van der Waals surface area (Å²) in [7, 11) is 0. The molecular weight excluding hydrogens is 262 g/mol. The molecule has 1 aliphatic heterocycles. The van der Waals surface area contributed by atoms with E-state index in [0.717, 1.165) is 0 Å². The molecule has 0 spiro atoms. The van der Waals surface area contributed by atoms with Gasteiger partial charge in [0.15, 0.2) is 0 Å². The molecule has 0 atom stereocenters. The first kappa shape index (κ1) is 12.5. The summed E-state index contributed by atoms with van der Waals surface area (Å²) in [4.78, 5) is 22.5. The van der Waals surface area contributed by atoms with Gasteiger partial charge < -0.3 is 14.6 Å². The van der Waals surface area contributed by atoms with Crippen molar-refractivity contribution in [3.05, 3.63) is 33.9 Å². The van der Waals surface area contributed by atoms with E-state index in [4.69, 9.17) is 4.74 Å². The van der Waals surface area contributed by atoms with Gasteiger partial charge in [-0.3, -0.25) is 10.1 Å². The van der Waals surface area contributed by atoms with E-state index in [2.05, 4.69) is 5.32 Å². The first-order chi connectivity index (χ1) is 9.63. The van der Waals surface area contributed by atoms with Crippen molar-refractivity contribution in [2.45, 2.75) is 13.5 Å². The fraction of sp³-hybridized carbons (Fsp3) is 0.308. The first-order valence-electron chi connectivity index (χ1n) is 6.35. The zero-order valence-corrected chi connectivity index (χ0v) is 10.9. The van der Waals surface area contributed by atoms with E-state index in [9.17, 15) is 14.9 Å². The number of fused-ring (bicyclic) bond motifs is 3. The summed E-state index contributed by atoms with van der Waals surface area (Å²) in [6.45, 7) is 3.40. The molecule has 0 radical (unpaired) electrons. The van der Waals surface area contributed by atoms with Gasteiger partial charge in [0.2, 0.25) is 0 Å². The zero-order valence-electron chi connectivity index (χ0n) is 10.9.